The number of rotatable bonds is 6. The van der Waals surface area contributed by atoms with Crippen molar-refractivity contribution in [2.75, 3.05) is 6.61 Å². The van der Waals surface area contributed by atoms with E-state index in [9.17, 15) is 30.6 Å². The second-order valence-corrected chi connectivity index (χ2v) is 13.6. The lowest BCUT2D eigenvalue weighted by Crippen LogP contribution is -2.63. The van der Waals surface area contributed by atoms with Crippen LogP contribution < -0.4 is 0 Å². The lowest BCUT2D eigenvalue weighted by Gasteiger charge is -2.63. The van der Waals surface area contributed by atoms with Crippen molar-refractivity contribution in [1.82, 2.24) is 0 Å². The van der Waals surface area contributed by atoms with Gasteiger partial charge >= 0.3 is 0 Å². The molecule has 0 aromatic carbocycles. The van der Waals surface area contributed by atoms with Crippen molar-refractivity contribution in [2.24, 2.45) is 52.3 Å². The molecule has 4 fully saturated rings. The number of hydrogen-bond donors (Lipinski definition) is 6. The molecular formula is C28H50O6. The number of aliphatic hydroxyl groups is 6. The van der Waals surface area contributed by atoms with Gasteiger partial charge in [0.2, 0.25) is 0 Å². The van der Waals surface area contributed by atoms with Crippen molar-refractivity contribution in [3.8, 4) is 0 Å². The first-order valence-corrected chi connectivity index (χ1v) is 13.9. The average molecular weight is 483 g/mol. The number of aliphatic hydroxyl groups excluding tert-OH is 5. The third kappa shape index (κ3) is 3.99. The normalized spacial score (nSPS) is 51.4. The van der Waals surface area contributed by atoms with Crippen LogP contribution in [-0.2, 0) is 0 Å². The van der Waals surface area contributed by atoms with Crippen molar-refractivity contribution in [2.45, 2.75) is 116 Å². The maximum Gasteiger partial charge on any atom is 0.0900 e. The van der Waals surface area contributed by atoms with Gasteiger partial charge in [0, 0.05) is 5.92 Å². The van der Waals surface area contributed by atoms with Crippen molar-refractivity contribution in [1.29, 1.82) is 0 Å². The molecule has 0 amide bonds. The van der Waals surface area contributed by atoms with E-state index >= 15 is 0 Å². The SMILES string of the molecule is CC(C)[C@](O)(CO)CC[C@@H](C)[C@H]1C[C@@H](O)C2[C@@H]3C[C@H](O)C4[C@@H](O)[C@@H](O)CC[C@]4(C)[C@H]3CC[C@@]21C. The molecule has 4 saturated carbocycles. The summed E-state index contributed by atoms with van der Waals surface area (Å²) in [4.78, 5) is 0. The third-order valence-corrected chi connectivity index (χ3v) is 11.8. The van der Waals surface area contributed by atoms with Gasteiger partial charge in [0.25, 0.3) is 0 Å². The van der Waals surface area contributed by atoms with Gasteiger partial charge in [-0.3, -0.25) is 0 Å². The second-order valence-electron chi connectivity index (χ2n) is 13.6. The van der Waals surface area contributed by atoms with E-state index in [0.717, 1.165) is 32.1 Å². The Morgan fingerprint density at radius 3 is 2.09 bits per heavy atom. The molecule has 0 saturated heterocycles. The Kier molecular flexibility index (Phi) is 7.30. The van der Waals surface area contributed by atoms with E-state index < -0.39 is 30.0 Å². The molecule has 0 spiro atoms. The monoisotopic (exact) mass is 482 g/mol. The first-order chi connectivity index (χ1) is 15.8. The molecule has 0 aromatic heterocycles. The Labute approximate surface area is 205 Å². The van der Waals surface area contributed by atoms with E-state index in [2.05, 4.69) is 20.8 Å². The van der Waals surface area contributed by atoms with Crippen LogP contribution in [0.4, 0.5) is 0 Å². The molecule has 198 valence electrons. The summed E-state index contributed by atoms with van der Waals surface area (Å²) in [7, 11) is 0. The Hall–Kier alpha value is -0.240. The van der Waals surface area contributed by atoms with Crippen LogP contribution >= 0.6 is 0 Å². The quantitative estimate of drug-likeness (QED) is 0.346. The molecule has 0 aromatic rings. The van der Waals surface area contributed by atoms with E-state index in [0.29, 0.717) is 37.0 Å². The smallest absolute Gasteiger partial charge is 0.0900 e. The fourth-order valence-electron chi connectivity index (χ4n) is 9.61. The molecule has 0 bridgehead atoms. The van der Waals surface area contributed by atoms with Gasteiger partial charge in [-0.1, -0.05) is 34.6 Å². The third-order valence-electron chi connectivity index (χ3n) is 11.8. The minimum absolute atomic E-state index is 0.0144. The van der Waals surface area contributed by atoms with E-state index in [1.165, 1.54) is 0 Å². The summed E-state index contributed by atoms with van der Waals surface area (Å²) in [6, 6.07) is 0. The molecule has 34 heavy (non-hydrogen) atoms. The number of fused-ring (bicyclic) bond motifs is 5. The number of hydrogen-bond acceptors (Lipinski definition) is 6. The first kappa shape index (κ1) is 26.8. The summed E-state index contributed by atoms with van der Waals surface area (Å²) >= 11 is 0. The van der Waals surface area contributed by atoms with Crippen LogP contribution in [-0.4, -0.2) is 67.3 Å². The topological polar surface area (TPSA) is 121 Å². The second kappa shape index (κ2) is 9.25. The Morgan fingerprint density at radius 1 is 0.853 bits per heavy atom. The molecule has 0 aliphatic heterocycles. The lowest BCUT2D eigenvalue weighted by molar-refractivity contribution is -0.217. The van der Waals surface area contributed by atoms with Crippen LogP contribution in [0.15, 0.2) is 0 Å². The van der Waals surface area contributed by atoms with Gasteiger partial charge < -0.3 is 30.6 Å². The van der Waals surface area contributed by atoms with Crippen LogP contribution in [0.3, 0.4) is 0 Å². The maximum absolute atomic E-state index is 11.4. The zero-order chi connectivity index (χ0) is 25.2. The van der Waals surface area contributed by atoms with Gasteiger partial charge in [0.15, 0.2) is 0 Å². The summed E-state index contributed by atoms with van der Waals surface area (Å²) in [5.74, 6) is 1.02. The molecule has 4 rings (SSSR count). The molecule has 6 heteroatoms. The van der Waals surface area contributed by atoms with Crippen LogP contribution in [0.1, 0.15) is 86.0 Å². The van der Waals surface area contributed by atoms with E-state index in [-0.39, 0.29) is 41.1 Å². The average Bonchev–Trinajstić information content (AvgIpc) is 3.05. The Morgan fingerprint density at radius 2 is 1.47 bits per heavy atom. The van der Waals surface area contributed by atoms with Crippen LogP contribution in [0.5, 0.6) is 0 Å². The van der Waals surface area contributed by atoms with E-state index in [4.69, 9.17) is 0 Å². The lowest BCUT2D eigenvalue weighted by atomic mass is 9.43. The van der Waals surface area contributed by atoms with Crippen LogP contribution in [0.25, 0.3) is 0 Å². The highest BCUT2D eigenvalue weighted by molar-refractivity contribution is 5.14. The minimum Gasteiger partial charge on any atom is -0.393 e. The minimum atomic E-state index is -1.06. The highest BCUT2D eigenvalue weighted by Gasteiger charge is 2.66. The molecule has 6 N–H and O–H groups in total. The highest BCUT2D eigenvalue weighted by Crippen LogP contribution is 2.68. The summed E-state index contributed by atoms with van der Waals surface area (Å²) in [6.45, 7) is 10.4. The molecule has 6 nitrogen and oxygen atoms in total. The largest absolute Gasteiger partial charge is 0.393 e. The molecular weight excluding hydrogens is 432 g/mol. The maximum atomic E-state index is 11.4. The Balaban J connectivity index is 1.55. The molecule has 0 radical (unpaired) electrons. The van der Waals surface area contributed by atoms with Crippen molar-refractivity contribution < 1.29 is 30.6 Å². The van der Waals surface area contributed by atoms with Gasteiger partial charge in [-0.05, 0) is 97.7 Å². The van der Waals surface area contributed by atoms with Gasteiger partial charge in [0.05, 0.1) is 36.6 Å². The zero-order valence-corrected chi connectivity index (χ0v) is 21.9. The van der Waals surface area contributed by atoms with E-state index in [1.54, 1.807) is 0 Å². The molecule has 2 unspecified atom stereocenters. The van der Waals surface area contributed by atoms with E-state index in [1.807, 2.05) is 13.8 Å². The van der Waals surface area contributed by atoms with Crippen LogP contribution in [0, 0.1) is 52.3 Å². The molecule has 4 aliphatic carbocycles. The fraction of sp³-hybridized carbons (Fsp3) is 1.00. The summed E-state index contributed by atoms with van der Waals surface area (Å²) in [5, 5.41) is 64.3. The summed E-state index contributed by atoms with van der Waals surface area (Å²) in [6.07, 6.45) is 3.44. The Bertz CT molecular complexity index is 730. The van der Waals surface area contributed by atoms with Crippen molar-refractivity contribution in [3.05, 3.63) is 0 Å². The van der Waals surface area contributed by atoms with Crippen molar-refractivity contribution >= 4 is 0 Å². The predicted octanol–water partition coefficient (Wildman–Crippen LogP) is 2.71. The highest BCUT2D eigenvalue weighted by atomic mass is 16.3. The van der Waals surface area contributed by atoms with Crippen molar-refractivity contribution in [3.63, 3.8) is 0 Å². The van der Waals surface area contributed by atoms with Crippen LogP contribution in [0.2, 0.25) is 0 Å². The fourth-order valence-corrected chi connectivity index (χ4v) is 9.61. The summed E-state index contributed by atoms with van der Waals surface area (Å²) in [5.41, 5.74) is -1.31. The predicted molar refractivity (Wildman–Crippen MR) is 131 cm³/mol. The first-order valence-electron chi connectivity index (χ1n) is 13.9. The van der Waals surface area contributed by atoms with Gasteiger partial charge in [-0.25, -0.2) is 0 Å². The van der Waals surface area contributed by atoms with Gasteiger partial charge in [0.1, 0.15) is 0 Å². The summed E-state index contributed by atoms with van der Waals surface area (Å²) < 4.78 is 0. The molecule has 4 aliphatic rings. The standard InChI is InChI=1S/C28H50O6/c1-15(2)28(34,14-29)11-6-16(3)19-13-22(32)23-17-12-21(31)24-25(33)20(30)8-10-26(24,4)18(17)7-9-27(19,23)5/h15-25,29-34H,6-14H2,1-5H3/t16-,17-,18+,19-,20+,21+,22-,23?,24?,25+,26-,27-,28-/m1/s1. The van der Waals surface area contributed by atoms with Gasteiger partial charge in [-0.15, -0.1) is 0 Å². The zero-order valence-electron chi connectivity index (χ0n) is 21.9. The van der Waals surface area contributed by atoms with Gasteiger partial charge in [-0.2, -0.15) is 0 Å². The molecule has 0 heterocycles. The molecule has 13 atom stereocenters.